The van der Waals surface area contributed by atoms with E-state index in [0.29, 0.717) is 12.4 Å². The molecule has 0 fully saturated rings. The third-order valence-electron chi connectivity index (χ3n) is 2.24. The number of carbonyl (C=O) groups excluding carboxylic acids is 1. The molecule has 1 heterocycles. The quantitative estimate of drug-likeness (QED) is 0.784. The number of benzene rings is 1. The average Bonchev–Trinajstić information content (AvgIpc) is 2.83. The molecule has 5 nitrogen and oxygen atoms in total. The van der Waals surface area contributed by atoms with E-state index < -0.39 is 0 Å². The molecule has 2 N–H and O–H groups in total. The van der Waals surface area contributed by atoms with E-state index in [2.05, 4.69) is 15.6 Å². The monoisotopic (exact) mass is 219 g/mol. The van der Waals surface area contributed by atoms with Crippen LogP contribution in [0.4, 0.5) is 5.69 Å². The van der Waals surface area contributed by atoms with Crippen molar-refractivity contribution < 1.29 is 9.53 Å². The molecule has 16 heavy (non-hydrogen) atoms. The molecule has 0 aromatic heterocycles. The normalized spacial score (nSPS) is 13.9. The van der Waals surface area contributed by atoms with Crippen molar-refractivity contribution in [2.45, 2.75) is 0 Å². The Morgan fingerprint density at radius 1 is 1.44 bits per heavy atom. The van der Waals surface area contributed by atoms with E-state index in [1.165, 1.54) is 0 Å². The van der Waals surface area contributed by atoms with Crippen molar-refractivity contribution in [2.24, 2.45) is 4.99 Å². The SMILES string of the molecule is COc1ccc(NC(=O)C2=NCCN2)cc1. The molecule has 0 saturated carbocycles. The third kappa shape index (κ3) is 2.31. The number of hydrogen-bond donors (Lipinski definition) is 2. The number of nitrogens with one attached hydrogen (secondary N) is 2. The summed E-state index contributed by atoms with van der Waals surface area (Å²) in [7, 11) is 1.60. The highest BCUT2D eigenvalue weighted by Gasteiger charge is 2.14. The van der Waals surface area contributed by atoms with E-state index in [4.69, 9.17) is 4.74 Å². The Labute approximate surface area is 93.5 Å². The summed E-state index contributed by atoms with van der Waals surface area (Å²) < 4.78 is 5.03. The van der Waals surface area contributed by atoms with Gasteiger partial charge in [0, 0.05) is 12.2 Å². The maximum atomic E-state index is 11.6. The first-order valence-corrected chi connectivity index (χ1v) is 5.03. The highest BCUT2D eigenvalue weighted by Crippen LogP contribution is 2.14. The van der Waals surface area contributed by atoms with Gasteiger partial charge >= 0.3 is 0 Å². The summed E-state index contributed by atoms with van der Waals surface area (Å²) >= 11 is 0. The fourth-order valence-electron chi connectivity index (χ4n) is 1.41. The molecular formula is C11H13N3O2. The fraction of sp³-hybridized carbons (Fsp3) is 0.273. The minimum absolute atomic E-state index is 0.206. The number of rotatable bonds is 3. The van der Waals surface area contributed by atoms with E-state index >= 15 is 0 Å². The number of aliphatic imine (C=N–C) groups is 1. The molecule has 5 heteroatoms. The predicted molar refractivity (Wildman–Crippen MR) is 61.9 cm³/mol. The van der Waals surface area contributed by atoms with Gasteiger partial charge in [0.05, 0.1) is 13.7 Å². The van der Waals surface area contributed by atoms with E-state index in [9.17, 15) is 4.79 Å². The van der Waals surface area contributed by atoms with Crippen molar-refractivity contribution in [2.75, 3.05) is 25.5 Å². The Hall–Kier alpha value is -2.04. The van der Waals surface area contributed by atoms with E-state index in [1.54, 1.807) is 31.4 Å². The number of ether oxygens (including phenoxy) is 1. The van der Waals surface area contributed by atoms with Crippen LogP contribution in [0.15, 0.2) is 29.3 Å². The van der Waals surface area contributed by atoms with Gasteiger partial charge < -0.3 is 15.4 Å². The van der Waals surface area contributed by atoms with Gasteiger partial charge in [-0.25, -0.2) is 0 Å². The number of carbonyl (C=O) groups is 1. The second-order valence-corrected chi connectivity index (χ2v) is 3.34. The minimum Gasteiger partial charge on any atom is -0.497 e. The van der Waals surface area contributed by atoms with Crippen molar-refractivity contribution in [1.82, 2.24) is 5.32 Å². The lowest BCUT2D eigenvalue weighted by Gasteiger charge is -2.06. The Balaban J connectivity index is 2.00. The van der Waals surface area contributed by atoms with Crippen LogP contribution in [-0.4, -0.2) is 31.9 Å². The smallest absolute Gasteiger partial charge is 0.290 e. The maximum absolute atomic E-state index is 11.6. The van der Waals surface area contributed by atoms with Crippen LogP contribution < -0.4 is 15.4 Å². The topological polar surface area (TPSA) is 62.7 Å². The molecule has 0 radical (unpaired) electrons. The second kappa shape index (κ2) is 4.65. The summed E-state index contributed by atoms with van der Waals surface area (Å²) in [6, 6.07) is 7.15. The van der Waals surface area contributed by atoms with E-state index in [0.717, 1.165) is 18.0 Å². The van der Waals surface area contributed by atoms with Crippen LogP contribution in [0.2, 0.25) is 0 Å². The number of amides is 1. The van der Waals surface area contributed by atoms with Crippen LogP contribution in [0.3, 0.4) is 0 Å². The predicted octanol–water partition coefficient (Wildman–Crippen LogP) is 0.635. The molecule has 0 spiro atoms. The number of anilines is 1. The molecule has 84 valence electrons. The standard InChI is InChI=1S/C11H13N3O2/c1-16-9-4-2-8(3-5-9)14-11(15)10-12-6-7-13-10/h2-5H,6-7H2,1H3,(H,12,13)(H,14,15). The molecule has 1 aromatic carbocycles. The summed E-state index contributed by atoms with van der Waals surface area (Å²) in [5, 5.41) is 5.66. The number of methoxy groups -OCH3 is 1. The summed E-state index contributed by atoms with van der Waals surface area (Å²) in [4.78, 5) is 15.7. The zero-order chi connectivity index (χ0) is 11.4. The van der Waals surface area contributed by atoms with Gasteiger partial charge in [-0.05, 0) is 24.3 Å². The van der Waals surface area contributed by atoms with Crippen molar-refractivity contribution >= 4 is 17.4 Å². The summed E-state index contributed by atoms with van der Waals surface area (Å²) in [5.74, 6) is 0.952. The Morgan fingerprint density at radius 2 is 2.19 bits per heavy atom. The van der Waals surface area contributed by atoms with Crippen molar-refractivity contribution in [1.29, 1.82) is 0 Å². The molecule has 1 amide bonds. The minimum atomic E-state index is -0.206. The van der Waals surface area contributed by atoms with Gasteiger partial charge in [-0.3, -0.25) is 9.79 Å². The van der Waals surface area contributed by atoms with Gasteiger partial charge in [0.2, 0.25) is 0 Å². The van der Waals surface area contributed by atoms with E-state index in [1.807, 2.05) is 0 Å². The highest BCUT2D eigenvalue weighted by atomic mass is 16.5. The van der Waals surface area contributed by atoms with Gasteiger partial charge in [-0.1, -0.05) is 0 Å². The molecule has 1 aliphatic rings. The second-order valence-electron chi connectivity index (χ2n) is 3.34. The molecular weight excluding hydrogens is 206 g/mol. The van der Waals surface area contributed by atoms with E-state index in [-0.39, 0.29) is 5.91 Å². The first kappa shape index (κ1) is 10.5. The summed E-state index contributed by atoms with van der Waals surface area (Å²) in [6.07, 6.45) is 0. The van der Waals surface area contributed by atoms with Gasteiger partial charge in [0.25, 0.3) is 5.91 Å². The van der Waals surface area contributed by atoms with Crippen LogP contribution in [0.25, 0.3) is 0 Å². The molecule has 0 atom stereocenters. The van der Waals surface area contributed by atoms with Crippen molar-refractivity contribution in [3.63, 3.8) is 0 Å². The highest BCUT2D eigenvalue weighted by molar-refractivity contribution is 6.42. The molecule has 0 bridgehead atoms. The Kier molecular flexibility index (Phi) is 3.05. The van der Waals surface area contributed by atoms with Crippen LogP contribution in [0.5, 0.6) is 5.75 Å². The van der Waals surface area contributed by atoms with Gasteiger partial charge in [-0.2, -0.15) is 0 Å². The van der Waals surface area contributed by atoms with Crippen LogP contribution in [-0.2, 0) is 4.79 Å². The molecule has 0 unspecified atom stereocenters. The maximum Gasteiger partial charge on any atom is 0.290 e. The van der Waals surface area contributed by atoms with Crippen LogP contribution in [0, 0.1) is 0 Å². The summed E-state index contributed by atoms with van der Waals surface area (Å²) in [6.45, 7) is 1.39. The van der Waals surface area contributed by atoms with Crippen LogP contribution >= 0.6 is 0 Å². The fourth-order valence-corrected chi connectivity index (χ4v) is 1.41. The molecule has 0 aliphatic carbocycles. The lowest BCUT2D eigenvalue weighted by Crippen LogP contribution is -2.32. The molecule has 1 aromatic rings. The first-order valence-electron chi connectivity index (χ1n) is 5.03. The van der Waals surface area contributed by atoms with Gasteiger partial charge in [0.1, 0.15) is 5.75 Å². The zero-order valence-electron chi connectivity index (χ0n) is 8.99. The largest absolute Gasteiger partial charge is 0.497 e. The Morgan fingerprint density at radius 3 is 2.75 bits per heavy atom. The lowest BCUT2D eigenvalue weighted by atomic mass is 10.3. The molecule has 1 aliphatic heterocycles. The van der Waals surface area contributed by atoms with Gasteiger partial charge in [-0.15, -0.1) is 0 Å². The molecule has 0 saturated heterocycles. The summed E-state index contributed by atoms with van der Waals surface area (Å²) in [5.41, 5.74) is 0.724. The van der Waals surface area contributed by atoms with Crippen LogP contribution in [0.1, 0.15) is 0 Å². The van der Waals surface area contributed by atoms with Crippen molar-refractivity contribution in [3.8, 4) is 5.75 Å². The number of nitrogens with zero attached hydrogens (tertiary/aromatic N) is 1. The Bertz CT molecular complexity index is 412. The lowest BCUT2D eigenvalue weighted by molar-refractivity contribution is -0.110. The first-order chi connectivity index (χ1) is 7.79. The third-order valence-corrected chi connectivity index (χ3v) is 2.24. The average molecular weight is 219 g/mol. The number of amidine groups is 1. The van der Waals surface area contributed by atoms with Crippen molar-refractivity contribution in [3.05, 3.63) is 24.3 Å². The van der Waals surface area contributed by atoms with Gasteiger partial charge in [0.15, 0.2) is 5.84 Å². The molecule has 2 rings (SSSR count). The number of hydrogen-bond acceptors (Lipinski definition) is 4. The zero-order valence-corrected chi connectivity index (χ0v) is 8.99.